The van der Waals surface area contributed by atoms with Gasteiger partial charge in [0.1, 0.15) is 5.75 Å². The van der Waals surface area contributed by atoms with Crippen molar-refractivity contribution < 1.29 is 19.4 Å². The summed E-state index contributed by atoms with van der Waals surface area (Å²) in [5, 5.41) is 12.8. The summed E-state index contributed by atoms with van der Waals surface area (Å²) in [7, 11) is 1.50. The molecular formula is C22H16ClNO4S. The number of anilines is 1. The standard InChI is InChI=1S/C22H16ClNO4S/c1-28-16-10-9-14(12-15(16)23)24-19(13-6-3-2-4-7-13)18(21(26)22(24)27)20(25)17-8-5-11-29-17/h2-12,19,26H,1H3/t19-/m1/s1. The number of carbonyl (C=O) groups excluding carboxylic acids is 2. The third-order valence-electron chi connectivity index (χ3n) is 4.73. The van der Waals surface area contributed by atoms with Gasteiger partial charge < -0.3 is 9.84 Å². The van der Waals surface area contributed by atoms with E-state index in [2.05, 4.69) is 0 Å². The van der Waals surface area contributed by atoms with Crippen LogP contribution in [0.1, 0.15) is 21.3 Å². The molecule has 1 aliphatic rings. The molecule has 7 heteroatoms. The van der Waals surface area contributed by atoms with Gasteiger partial charge in [-0.2, -0.15) is 0 Å². The number of benzene rings is 2. The second kappa shape index (κ2) is 7.73. The van der Waals surface area contributed by atoms with E-state index in [1.54, 1.807) is 35.7 Å². The molecule has 2 heterocycles. The van der Waals surface area contributed by atoms with E-state index in [1.807, 2.05) is 30.3 Å². The topological polar surface area (TPSA) is 66.8 Å². The van der Waals surface area contributed by atoms with E-state index in [9.17, 15) is 14.7 Å². The molecule has 5 nitrogen and oxygen atoms in total. The summed E-state index contributed by atoms with van der Waals surface area (Å²) < 4.78 is 5.18. The number of ketones is 1. The van der Waals surface area contributed by atoms with Gasteiger partial charge in [0.15, 0.2) is 5.76 Å². The highest BCUT2D eigenvalue weighted by molar-refractivity contribution is 7.12. The van der Waals surface area contributed by atoms with Crippen LogP contribution in [0, 0.1) is 0 Å². The van der Waals surface area contributed by atoms with Gasteiger partial charge in [0, 0.05) is 5.69 Å². The predicted octanol–water partition coefficient (Wildman–Crippen LogP) is 5.19. The van der Waals surface area contributed by atoms with E-state index in [0.29, 0.717) is 26.9 Å². The lowest BCUT2D eigenvalue weighted by Crippen LogP contribution is -2.31. The Balaban J connectivity index is 1.87. The molecule has 0 unspecified atom stereocenters. The molecule has 1 aliphatic heterocycles. The molecule has 0 bridgehead atoms. The first-order valence-corrected chi connectivity index (χ1v) is 10.0. The number of hydrogen-bond acceptors (Lipinski definition) is 5. The molecule has 4 rings (SSSR count). The molecule has 29 heavy (non-hydrogen) atoms. The molecule has 0 fully saturated rings. The number of Topliss-reactive ketones (excluding diaryl/α,β-unsaturated/α-hetero) is 1. The Labute approximate surface area is 176 Å². The lowest BCUT2D eigenvalue weighted by Gasteiger charge is -2.27. The minimum Gasteiger partial charge on any atom is -0.503 e. The molecule has 1 atom stereocenters. The molecule has 1 amide bonds. The van der Waals surface area contributed by atoms with Crippen molar-refractivity contribution in [2.75, 3.05) is 12.0 Å². The minimum absolute atomic E-state index is 0.0515. The van der Waals surface area contributed by atoms with Crippen molar-refractivity contribution in [3.8, 4) is 5.75 Å². The number of methoxy groups -OCH3 is 1. The average molecular weight is 426 g/mol. The van der Waals surface area contributed by atoms with Crippen LogP contribution in [0.5, 0.6) is 5.75 Å². The highest BCUT2D eigenvalue weighted by Gasteiger charge is 2.44. The normalized spacial score (nSPS) is 16.4. The van der Waals surface area contributed by atoms with Crippen LogP contribution in [0.25, 0.3) is 0 Å². The first-order chi connectivity index (χ1) is 14.0. The third kappa shape index (κ3) is 3.30. The Hall–Kier alpha value is -3.09. The Kier molecular flexibility index (Phi) is 5.13. The monoisotopic (exact) mass is 425 g/mol. The summed E-state index contributed by atoms with van der Waals surface area (Å²) in [6.07, 6.45) is 0. The summed E-state index contributed by atoms with van der Waals surface area (Å²) in [5.74, 6) is -1.11. The van der Waals surface area contributed by atoms with E-state index in [1.165, 1.54) is 23.3 Å². The van der Waals surface area contributed by atoms with Gasteiger partial charge in [-0.05, 0) is 35.2 Å². The number of amides is 1. The van der Waals surface area contributed by atoms with Gasteiger partial charge in [-0.1, -0.05) is 48.0 Å². The summed E-state index contributed by atoms with van der Waals surface area (Å²) >= 11 is 7.52. The second-order valence-electron chi connectivity index (χ2n) is 6.38. The average Bonchev–Trinajstić information content (AvgIpc) is 3.36. The molecule has 3 aromatic rings. The van der Waals surface area contributed by atoms with Crippen LogP contribution >= 0.6 is 22.9 Å². The lowest BCUT2D eigenvalue weighted by molar-refractivity contribution is -0.117. The van der Waals surface area contributed by atoms with Gasteiger partial charge >= 0.3 is 0 Å². The van der Waals surface area contributed by atoms with Crippen molar-refractivity contribution in [3.63, 3.8) is 0 Å². The Morgan fingerprint density at radius 1 is 1.14 bits per heavy atom. The first-order valence-electron chi connectivity index (χ1n) is 8.76. The van der Waals surface area contributed by atoms with E-state index in [-0.39, 0.29) is 11.4 Å². The molecular weight excluding hydrogens is 410 g/mol. The van der Waals surface area contributed by atoms with Crippen LogP contribution in [0.4, 0.5) is 5.69 Å². The first kappa shape index (κ1) is 19.2. The number of aliphatic hydroxyl groups excluding tert-OH is 1. The van der Waals surface area contributed by atoms with Gasteiger partial charge in [-0.15, -0.1) is 11.3 Å². The zero-order chi connectivity index (χ0) is 20.5. The van der Waals surface area contributed by atoms with Crippen molar-refractivity contribution in [1.29, 1.82) is 0 Å². The number of hydrogen-bond donors (Lipinski definition) is 1. The quantitative estimate of drug-likeness (QED) is 0.571. The molecule has 0 saturated heterocycles. The third-order valence-corrected chi connectivity index (χ3v) is 5.89. The summed E-state index contributed by atoms with van der Waals surface area (Å²) in [6, 6.07) is 16.7. The Morgan fingerprint density at radius 3 is 2.52 bits per heavy atom. The van der Waals surface area contributed by atoms with E-state index in [4.69, 9.17) is 16.3 Å². The van der Waals surface area contributed by atoms with Crippen LogP contribution < -0.4 is 9.64 Å². The fourth-order valence-electron chi connectivity index (χ4n) is 3.40. The van der Waals surface area contributed by atoms with Crippen LogP contribution in [0.2, 0.25) is 5.02 Å². The lowest BCUT2D eigenvalue weighted by atomic mass is 9.95. The highest BCUT2D eigenvalue weighted by Crippen LogP contribution is 2.43. The number of aliphatic hydroxyl groups is 1. The SMILES string of the molecule is COc1ccc(N2C(=O)C(O)=C(C(=O)c3cccs3)[C@H]2c2ccccc2)cc1Cl. The number of ether oxygens (including phenoxy) is 1. The van der Waals surface area contributed by atoms with Crippen LogP contribution in [-0.2, 0) is 4.79 Å². The molecule has 2 aromatic carbocycles. The van der Waals surface area contributed by atoms with Gasteiger partial charge in [0.25, 0.3) is 5.91 Å². The molecule has 0 saturated carbocycles. The maximum atomic E-state index is 13.2. The number of halogens is 1. The Morgan fingerprint density at radius 2 is 1.90 bits per heavy atom. The zero-order valence-electron chi connectivity index (χ0n) is 15.3. The van der Waals surface area contributed by atoms with Gasteiger partial charge in [-0.25, -0.2) is 0 Å². The van der Waals surface area contributed by atoms with Crippen molar-refractivity contribution in [2.45, 2.75) is 6.04 Å². The number of nitrogens with zero attached hydrogens (tertiary/aromatic N) is 1. The summed E-state index contributed by atoms with van der Waals surface area (Å²) in [4.78, 5) is 28.0. The van der Waals surface area contributed by atoms with Crippen molar-refractivity contribution in [1.82, 2.24) is 0 Å². The van der Waals surface area contributed by atoms with Crippen molar-refractivity contribution in [3.05, 3.63) is 92.8 Å². The molecule has 146 valence electrons. The molecule has 1 aromatic heterocycles. The van der Waals surface area contributed by atoms with E-state index >= 15 is 0 Å². The molecule has 0 aliphatic carbocycles. The van der Waals surface area contributed by atoms with Crippen molar-refractivity contribution >= 4 is 40.3 Å². The van der Waals surface area contributed by atoms with Gasteiger partial charge in [0.05, 0.1) is 28.6 Å². The van der Waals surface area contributed by atoms with E-state index < -0.39 is 17.7 Å². The van der Waals surface area contributed by atoms with E-state index in [0.717, 1.165) is 0 Å². The highest BCUT2D eigenvalue weighted by atomic mass is 35.5. The second-order valence-corrected chi connectivity index (χ2v) is 7.73. The Bertz CT molecular complexity index is 1110. The van der Waals surface area contributed by atoms with Gasteiger partial charge in [0.2, 0.25) is 5.78 Å². The fraction of sp³-hybridized carbons (Fsp3) is 0.0909. The number of thiophene rings is 1. The van der Waals surface area contributed by atoms with Crippen LogP contribution in [-0.4, -0.2) is 23.9 Å². The number of carbonyl (C=O) groups is 2. The summed E-state index contributed by atoms with van der Waals surface area (Å²) in [6.45, 7) is 0. The minimum atomic E-state index is -0.775. The predicted molar refractivity (Wildman–Crippen MR) is 113 cm³/mol. The molecule has 1 N–H and O–H groups in total. The largest absolute Gasteiger partial charge is 0.503 e. The fourth-order valence-corrected chi connectivity index (χ4v) is 4.33. The van der Waals surface area contributed by atoms with Crippen LogP contribution in [0.15, 0.2) is 77.4 Å². The molecule has 0 radical (unpaired) electrons. The molecule has 0 spiro atoms. The summed E-state index contributed by atoms with van der Waals surface area (Å²) in [5.41, 5.74) is 1.21. The maximum Gasteiger partial charge on any atom is 0.294 e. The smallest absolute Gasteiger partial charge is 0.294 e. The van der Waals surface area contributed by atoms with Gasteiger partial charge in [-0.3, -0.25) is 14.5 Å². The zero-order valence-corrected chi connectivity index (χ0v) is 16.9. The van der Waals surface area contributed by atoms with Crippen molar-refractivity contribution in [2.24, 2.45) is 0 Å². The number of rotatable bonds is 5. The van der Waals surface area contributed by atoms with Crippen LogP contribution in [0.3, 0.4) is 0 Å². The maximum absolute atomic E-state index is 13.2.